The zero-order chi connectivity index (χ0) is 56.6. The first kappa shape index (κ1) is 58.9. The predicted molar refractivity (Wildman–Crippen MR) is 277 cm³/mol. The molecule has 0 aliphatic carbocycles. The molecule has 0 saturated carbocycles. The Hall–Kier alpha value is -1.86. The minimum atomic E-state index is -4.95. The maximum absolute atomic E-state index is 12.3. The molecule has 11 heterocycles. The summed E-state index contributed by atoms with van der Waals surface area (Å²) < 4.78 is 151. The number of fused-ring (bicyclic) bond motifs is 10. The Balaban J connectivity index is 0.748. The lowest BCUT2D eigenvalue weighted by Gasteiger charge is -2.61. The second-order valence-electron chi connectivity index (χ2n) is 25.6. The van der Waals surface area contributed by atoms with Crippen LogP contribution in [-0.4, -0.2) is 204 Å². The fourth-order valence-corrected chi connectivity index (χ4v) is 16.1. The lowest BCUT2D eigenvalue weighted by Crippen LogP contribution is -2.74. The number of hydrogen-bond acceptors (Lipinski definition) is 20. The zero-order valence-electron chi connectivity index (χ0n) is 45.9. The summed E-state index contributed by atoms with van der Waals surface area (Å²) in [6, 6.07) is 0. The van der Waals surface area contributed by atoms with E-state index in [0.717, 1.165) is 6.42 Å². The molecule has 11 aliphatic heterocycles. The van der Waals surface area contributed by atoms with Crippen LogP contribution in [0.25, 0.3) is 0 Å². The number of aliphatic hydroxyl groups excluding tert-OH is 2. The molecule has 22 nitrogen and oxygen atoms in total. The van der Waals surface area contributed by atoms with Crippen LogP contribution in [0.3, 0.4) is 0 Å². The largest absolute Gasteiger partial charge is 0.397 e. The van der Waals surface area contributed by atoms with Gasteiger partial charge in [0, 0.05) is 51.4 Å². The van der Waals surface area contributed by atoms with Gasteiger partial charge in [-0.2, -0.15) is 16.8 Å². The maximum atomic E-state index is 12.3. The molecule has 11 rings (SSSR count). The van der Waals surface area contributed by atoms with Crippen molar-refractivity contribution in [3.63, 3.8) is 0 Å². The Morgan fingerprint density at radius 1 is 0.709 bits per heavy atom. The Kier molecular flexibility index (Phi) is 15.9. The fourth-order valence-electron chi connectivity index (χ4n) is 15.3. The third-order valence-electron chi connectivity index (χ3n) is 19.8. The van der Waals surface area contributed by atoms with Crippen molar-refractivity contribution < 1.29 is 102 Å². The van der Waals surface area contributed by atoms with Gasteiger partial charge in [0.05, 0.1) is 127 Å². The molecule has 24 heteroatoms. The van der Waals surface area contributed by atoms with Gasteiger partial charge in [-0.1, -0.05) is 38.3 Å². The summed E-state index contributed by atoms with van der Waals surface area (Å²) >= 11 is 0. The van der Waals surface area contributed by atoms with Gasteiger partial charge in [-0.3, -0.25) is 9.11 Å². The smallest absolute Gasteiger partial charge is 0.387 e. The highest BCUT2D eigenvalue weighted by Gasteiger charge is 2.65. The molecular weight excluding hydrogens is 1080 g/mol. The molecule has 0 spiro atoms. The number of rotatable bonds is 11. The third kappa shape index (κ3) is 11.5. The van der Waals surface area contributed by atoms with Gasteiger partial charge < -0.3 is 67.4 Å². The van der Waals surface area contributed by atoms with Crippen LogP contribution >= 0.6 is 0 Å². The molecule has 5 N–H and O–H groups in total. The molecule has 0 unspecified atom stereocenters. The first-order valence-corrected chi connectivity index (χ1v) is 31.0. The Bertz CT molecular complexity index is 2580. The SMILES string of the molecule is C=C[C@@H](O)C(=C)/C=C/[C@@](C)(O)[C@H]1O[C@@H]2C[C@@H]3O[C@@H]4C[C@@H]5O[C@@H]6C[C@@H]7O[C@@H]8C[C@@H]9O[C@@H]%10C[C@@H]%11O[C@](C)(CCOS(=O)(=O)O)[C@@H](OS(=O)(=O)O)C[C@H]%11O[C@H]%10C[C@H]9O[C@H]8CC[C@@]7(C)O[C@@]6(C)CC[C@H](C)[C@H]5O[C@H]4[C@@H](O)[C@]3(C)O[C@H]2CC1=C. The number of hydrogen-bond donors (Lipinski definition) is 5. The monoisotopic (exact) mass is 1160 g/mol. The number of aliphatic hydroxyl groups is 3. The van der Waals surface area contributed by atoms with Gasteiger partial charge in [-0.25, -0.2) is 8.37 Å². The van der Waals surface area contributed by atoms with Gasteiger partial charge in [0.25, 0.3) is 0 Å². The molecule has 11 saturated heterocycles. The molecule has 0 radical (unpaired) electrons. The van der Waals surface area contributed by atoms with Gasteiger partial charge in [0.1, 0.15) is 35.6 Å². The van der Waals surface area contributed by atoms with Crippen LogP contribution < -0.4 is 0 Å². The van der Waals surface area contributed by atoms with Crippen LogP contribution in [0.5, 0.6) is 0 Å². The highest BCUT2D eigenvalue weighted by molar-refractivity contribution is 7.81. The van der Waals surface area contributed by atoms with Crippen molar-refractivity contribution in [2.45, 2.75) is 281 Å². The first-order valence-electron chi connectivity index (χ1n) is 28.3. The minimum Gasteiger partial charge on any atom is -0.387 e. The van der Waals surface area contributed by atoms with Crippen molar-refractivity contribution in [1.29, 1.82) is 0 Å². The van der Waals surface area contributed by atoms with E-state index in [1.165, 1.54) is 13.0 Å². The van der Waals surface area contributed by atoms with Gasteiger partial charge in [-0.15, -0.1) is 6.58 Å². The van der Waals surface area contributed by atoms with Gasteiger partial charge in [-0.05, 0) is 83.8 Å². The first-order chi connectivity index (χ1) is 36.9. The van der Waals surface area contributed by atoms with Crippen LogP contribution in [0.1, 0.15) is 125 Å². The normalized spacial score (nSPS) is 50.9. The van der Waals surface area contributed by atoms with Crippen LogP contribution in [0, 0.1) is 5.92 Å². The molecule has 0 aromatic heterocycles. The average Bonchev–Trinajstić information content (AvgIpc) is 3.52. The molecule has 0 aromatic rings. The lowest BCUT2D eigenvalue weighted by atomic mass is 9.73. The molecular formula is C55H82O22S2. The molecule has 11 fully saturated rings. The summed E-state index contributed by atoms with van der Waals surface area (Å²) in [6.07, 6.45) is -1.23. The van der Waals surface area contributed by atoms with Gasteiger partial charge in [0.15, 0.2) is 0 Å². The lowest BCUT2D eigenvalue weighted by molar-refractivity contribution is -0.369. The van der Waals surface area contributed by atoms with Crippen molar-refractivity contribution in [1.82, 2.24) is 0 Å². The van der Waals surface area contributed by atoms with Crippen LogP contribution in [-0.2, 0) is 81.3 Å². The molecule has 0 aromatic carbocycles. The summed E-state index contributed by atoms with van der Waals surface area (Å²) in [6.45, 7) is 22.7. The van der Waals surface area contributed by atoms with Crippen molar-refractivity contribution in [2.24, 2.45) is 5.92 Å². The second-order valence-corrected chi connectivity index (χ2v) is 27.8. The van der Waals surface area contributed by atoms with Crippen LogP contribution in [0.4, 0.5) is 0 Å². The molecule has 0 amide bonds. The molecule has 446 valence electrons. The molecule has 11 aliphatic rings. The topological polar surface area (TPSA) is 289 Å². The Morgan fingerprint density at radius 3 is 1.91 bits per heavy atom. The van der Waals surface area contributed by atoms with Crippen LogP contribution in [0.15, 0.2) is 49.1 Å². The van der Waals surface area contributed by atoms with Crippen molar-refractivity contribution in [3.8, 4) is 0 Å². The average molecular weight is 1160 g/mol. The minimum absolute atomic E-state index is 0.00274. The van der Waals surface area contributed by atoms with Crippen LogP contribution in [0.2, 0.25) is 0 Å². The summed E-state index contributed by atoms with van der Waals surface area (Å²) in [7, 11) is -9.75. The van der Waals surface area contributed by atoms with Crippen molar-refractivity contribution >= 4 is 20.8 Å². The van der Waals surface area contributed by atoms with Crippen molar-refractivity contribution in [2.75, 3.05) is 6.61 Å². The second kappa shape index (κ2) is 21.3. The standard InChI is InChI=1S/C55H82O22S2/c1-10-30(56)27(2)11-14-51(5,58)50-29(4)19-39-38(72-50)25-46-55(9,75-39)49(57)48-42(71-46)23-41-47(73-48)28(3)12-15-53(7)44(70-41)26-43-54(8,77-53)16-13-31-32(69-43)20-34-33(66-31)21-35-36(67-34)22-40-37(68-35)24-45(76-79(62,63)64)52(6,74-40)17-18-65-78(59,60)61/h10-11,14,28,30-50,56-58H,1-2,4,12-13,15-26H2,3,5-9H3,(H,59,60,61)(H,62,63,64)/b14-11+/t28-,30+,31-,32+,33+,34-,35-,36+,37+,38+,39-,40-,41-,42+,43-,44+,45-,46-,47+,48+,49+,50-,51+,52+,53-,54+,55+/m0/s1. The summed E-state index contributed by atoms with van der Waals surface area (Å²) in [5.74, 6) is 0.0510. The molecule has 0 bridgehead atoms. The quantitative estimate of drug-likeness (QED) is 0.111. The summed E-state index contributed by atoms with van der Waals surface area (Å²) in [4.78, 5) is 0. The highest BCUT2D eigenvalue weighted by atomic mass is 32.3. The fraction of sp³-hybridized carbons (Fsp3) is 0.855. The van der Waals surface area contributed by atoms with E-state index in [9.17, 15) is 36.7 Å². The van der Waals surface area contributed by atoms with E-state index in [1.807, 2.05) is 6.92 Å². The molecule has 27 atom stereocenters. The van der Waals surface area contributed by atoms with E-state index in [1.54, 1.807) is 19.1 Å². The van der Waals surface area contributed by atoms with E-state index >= 15 is 0 Å². The highest BCUT2D eigenvalue weighted by Crippen LogP contribution is 2.54. The van der Waals surface area contributed by atoms with Gasteiger partial charge >= 0.3 is 20.8 Å². The van der Waals surface area contributed by atoms with E-state index in [0.29, 0.717) is 75.4 Å². The van der Waals surface area contributed by atoms with E-state index in [-0.39, 0.29) is 61.5 Å². The summed E-state index contributed by atoms with van der Waals surface area (Å²) in [5, 5.41) is 34.1. The van der Waals surface area contributed by atoms with E-state index in [4.69, 9.17) is 60.8 Å². The Morgan fingerprint density at radius 2 is 1.27 bits per heavy atom. The molecule has 79 heavy (non-hydrogen) atoms. The zero-order valence-corrected chi connectivity index (χ0v) is 47.6. The predicted octanol–water partition coefficient (Wildman–Crippen LogP) is 4.03. The maximum Gasteiger partial charge on any atom is 0.397 e. The summed E-state index contributed by atoms with van der Waals surface area (Å²) in [5.41, 5.74) is -4.40. The Labute approximate surface area is 463 Å². The van der Waals surface area contributed by atoms with E-state index < -0.39 is 141 Å². The van der Waals surface area contributed by atoms with E-state index in [2.05, 4.69) is 44.7 Å². The third-order valence-corrected chi connectivity index (χ3v) is 20.7. The number of ether oxygens (including phenoxy) is 11. The van der Waals surface area contributed by atoms with Crippen molar-refractivity contribution in [3.05, 3.63) is 49.1 Å². The van der Waals surface area contributed by atoms with Gasteiger partial charge in [0.2, 0.25) is 0 Å².